The number of carboxylic acids is 1. The number of hydrogen-bond acceptors (Lipinski definition) is 4. The van der Waals surface area contributed by atoms with Crippen molar-refractivity contribution in [2.24, 2.45) is 0 Å². The van der Waals surface area contributed by atoms with Gasteiger partial charge in [0.15, 0.2) is 0 Å². The van der Waals surface area contributed by atoms with Crippen molar-refractivity contribution in [3.63, 3.8) is 0 Å². The second-order valence-electron chi connectivity index (χ2n) is 8.01. The Balaban J connectivity index is 0.00000125. The molecule has 1 aromatic heterocycles. The summed E-state index contributed by atoms with van der Waals surface area (Å²) in [6.45, 7) is 9.16. The van der Waals surface area contributed by atoms with Crippen LogP contribution in [0.3, 0.4) is 0 Å². The Labute approximate surface area is 198 Å². The summed E-state index contributed by atoms with van der Waals surface area (Å²) < 4.78 is 9.71. The standard InChI is InChI=1S/C25H37N2O2.C2H4O2/c1-3-24(28)29-22-16-11-9-7-5-6-8-10-15-19-27-21-20-26(4-2)25(27)23-17-13-12-14-18-23;1-2(3)4/h3,12-14,17-18,20-21H,1,4-11,15-16,19,22H2,2H3;1H3,(H,3,4)/q+1;/p-1. The number of carbonyl (C=O) groups excluding carboxylic acids is 2. The fourth-order valence-corrected chi connectivity index (χ4v) is 3.67. The van der Waals surface area contributed by atoms with Gasteiger partial charge < -0.3 is 14.6 Å². The van der Waals surface area contributed by atoms with E-state index in [2.05, 4.69) is 65.4 Å². The first-order chi connectivity index (χ1) is 16.0. The lowest BCUT2D eigenvalue weighted by atomic mass is 10.1. The van der Waals surface area contributed by atoms with Crippen molar-refractivity contribution in [2.75, 3.05) is 6.61 Å². The normalized spacial score (nSPS) is 10.2. The Morgan fingerprint density at radius 1 is 1.00 bits per heavy atom. The highest BCUT2D eigenvalue weighted by Crippen LogP contribution is 2.16. The van der Waals surface area contributed by atoms with E-state index in [-0.39, 0.29) is 5.97 Å². The molecule has 0 aliphatic carbocycles. The van der Waals surface area contributed by atoms with Gasteiger partial charge in [-0.3, -0.25) is 0 Å². The van der Waals surface area contributed by atoms with Crippen molar-refractivity contribution in [1.29, 1.82) is 0 Å². The average Bonchev–Trinajstić information content (AvgIpc) is 3.22. The minimum Gasteiger partial charge on any atom is -0.550 e. The van der Waals surface area contributed by atoms with Gasteiger partial charge in [0.05, 0.1) is 25.3 Å². The second-order valence-corrected chi connectivity index (χ2v) is 8.01. The van der Waals surface area contributed by atoms with Gasteiger partial charge in [0.1, 0.15) is 12.4 Å². The van der Waals surface area contributed by atoms with Crippen molar-refractivity contribution in [3.8, 4) is 11.4 Å². The van der Waals surface area contributed by atoms with Crippen LogP contribution in [0.1, 0.15) is 71.6 Å². The molecule has 0 unspecified atom stereocenters. The van der Waals surface area contributed by atoms with Crippen LogP contribution >= 0.6 is 0 Å². The molecule has 33 heavy (non-hydrogen) atoms. The number of carboxylic acid groups (broad SMARTS) is 1. The average molecular weight is 457 g/mol. The predicted octanol–water partition coefficient (Wildman–Crippen LogP) is 4.46. The molecule has 2 aromatic rings. The number of aryl methyl sites for hydroxylation is 2. The van der Waals surface area contributed by atoms with Gasteiger partial charge in [-0.2, -0.15) is 0 Å². The highest BCUT2D eigenvalue weighted by atomic mass is 16.5. The maximum Gasteiger partial charge on any atom is 0.330 e. The summed E-state index contributed by atoms with van der Waals surface area (Å²) in [7, 11) is 0. The highest BCUT2D eigenvalue weighted by molar-refractivity contribution is 5.81. The Kier molecular flexibility index (Phi) is 15.0. The first-order valence-electron chi connectivity index (χ1n) is 12.1. The third-order valence-electron chi connectivity index (χ3n) is 5.30. The van der Waals surface area contributed by atoms with E-state index in [9.17, 15) is 4.79 Å². The molecule has 0 aliphatic heterocycles. The smallest absolute Gasteiger partial charge is 0.330 e. The van der Waals surface area contributed by atoms with Crippen molar-refractivity contribution in [2.45, 2.75) is 84.7 Å². The molecule has 0 bridgehead atoms. The van der Waals surface area contributed by atoms with Crippen LogP contribution in [0, 0.1) is 0 Å². The number of benzene rings is 1. The number of aliphatic carboxylic acids is 1. The van der Waals surface area contributed by atoms with E-state index >= 15 is 0 Å². The molecular weight excluding hydrogens is 416 g/mol. The molecule has 0 saturated carbocycles. The molecule has 6 heteroatoms. The number of unbranched alkanes of at least 4 members (excludes halogenated alkanes) is 8. The number of hydrogen-bond donors (Lipinski definition) is 0. The molecule has 0 N–H and O–H groups in total. The Morgan fingerprint density at radius 3 is 2.09 bits per heavy atom. The third kappa shape index (κ3) is 12.7. The van der Waals surface area contributed by atoms with Crippen molar-refractivity contribution in [1.82, 2.24) is 4.57 Å². The van der Waals surface area contributed by atoms with Gasteiger partial charge >= 0.3 is 5.97 Å². The number of nitrogens with zero attached hydrogens (tertiary/aromatic N) is 2. The Morgan fingerprint density at radius 2 is 1.55 bits per heavy atom. The van der Waals surface area contributed by atoms with E-state index < -0.39 is 5.97 Å². The molecule has 0 spiro atoms. The van der Waals surface area contributed by atoms with Crippen LogP contribution in [0.15, 0.2) is 55.4 Å². The molecule has 1 heterocycles. The minimum absolute atomic E-state index is 0.315. The van der Waals surface area contributed by atoms with E-state index in [1.807, 2.05) is 0 Å². The molecule has 182 valence electrons. The van der Waals surface area contributed by atoms with Crippen LogP contribution in [0.5, 0.6) is 0 Å². The number of esters is 1. The predicted molar refractivity (Wildman–Crippen MR) is 129 cm³/mol. The molecule has 1 aromatic carbocycles. The lowest BCUT2D eigenvalue weighted by Crippen LogP contribution is -2.34. The zero-order valence-electron chi connectivity index (χ0n) is 20.3. The van der Waals surface area contributed by atoms with Gasteiger partial charge in [-0.15, -0.1) is 0 Å². The number of aromatic nitrogens is 2. The van der Waals surface area contributed by atoms with Crippen molar-refractivity contribution >= 4 is 11.9 Å². The van der Waals surface area contributed by atoms with E-state index in [1.165, 1.54) is 62.4 Å². The van der Waals surface area contributed by atoms with Crippen molar-refractivity contribution in [3.05, 3.63) is 55.4 Å². The summed E-state index contributed by atoms with van der Waals surface area (Å²) in [4.78, 5) is 19.8. The lowest BCUT2D eigenvalue weighted by molar-refractivity contribution is -0.686. The van der Waals surface area contributed by atoms with E-state index in [4.69, 9.17) is 14.6 Å². The van der Waals surface area contributed by atoms with Gasteiger partial charge in [-0.05, 0) is 45.2 Å². The number of rotatable bonds is 15. The Hall–Kier alpha value is -2.89. The first kappa shape index (κ1) is 28.1. The van der Waals surface area contributed by atoms with Crippen LogP contribution in [0.2, 0.25) is 0 Å². The summed E-state index contributed by atoms with van der Waals surface area (Å²) in [6, 6.07) is 10.7. The molecule has 0 aliphatic rings. The van der Waals surface area contributed by atoms with Crippen LogP contribution in [-0.2, 0) is 27.4 Å². The fourth-order valence-electron chi connectivity index (χ4n) is 3.67. The maximum atomic E-state index is 10.9. The van der Waals surface area contributed by atoms with Gasteiger partial charge in [-0.1, -0.05) is 63.3 Å². The second kappa shape index (κ2) is 17.6. The van der Waals surface area contributed by atoms with Crippen LogP contribution in [0.4, 0.5) is 0 Å². The lowest BCUT2D eigenvalue weighted by Gasteiger charge is -2.05. The summed E-state index contributed by atoms with van der Waals surface area (Å²) in [5.74, 6) is -0.0859. The summed E-state index contributed by atoms with van der Waals surface area (Å²) >= 11 is 0. The SMILES string of the molecule is C=CC(=O)OCCCCCCCCCCC[n+]1ccn(CC)c1-c1ccccc1.CC(=O)[O-]. The minimum atomic E-state index is -1.08. The molecular formula is C27H40N2O4. The largest absolute Gasteiger partial charge is 0.550 e. The molecule has 0 radical (unpaired) electrons. The summed E-state index contributed by atoms with van der Waals surface area (Å²) in [6.07, 6.45) is 16.7. The molecule has 0 saturated heterocycles. The van der Waals surface area contributed by atoms with E-state index in [1.54, 1.807) is 0 Å². The van der Waals surface area contributed by atoms with Gasteiger partial charge in [0, 0.05) is 12.0 Å². The molecule has 0 atom stereocenters. The van der Waals surface area contributed by atoms with Crippen LogP contribution in [0.25, 0.3) is 11.4 Å². The van der Waals surface area contributed by atoms with Gasteiger partial charge in [0.25, 0.3) is 5.82 Å². The van der Waals surface area contributed by atoms with E-state index in [0.717, 1.165) is 32.9 Å². The summed E-state index contributed by atoms with van der Waals surface area (Å²) in [5.41, 5.74) is 1.29. The summed E-state index contributed by atoms with van der Waals surface area (Å²) in [5, 5.41) is 8.89. The number of ether oxygens (including phenoxy) is 1. The number of imidazole rings is 1. The zero-order valence-corrected chi connectivity index (χ0v) is 20.3. The molecule has 6 nitrogen and oxygen atoms in total. The highest BCUT2D eigenvalue weighted by Gasteiger charge is 2.17. The monoisotopic (exact) mass is 456 g/mol. The van der Waals surface area contributed by atoms with Gasteiger partial charge in [0.2, 0.25) is 0 Å². The fraction of sp³-hybridized carbons (Fsp3) is 0.519. The topological polar surface area (TPSA) is 75.2 Å². The quantitative estimate of drug-likeness (QED) is 0.172. The number of carbonyl (C=O) groups is 2. The zero-order chi connectivity index (χ0) is 24.3. The molecule has 0 amide bonds. The Bertz CT molecular complexity index is 811. The van der Waals surface area contributed by atoms with Crippen molar-refractivity contribution < 1.29 is 24.0 Å². The van der Waals surface area contributed by atoms with Crippen LogP contribution < -0.4 is 9.67 Å². The van der Waals surface area contributed by atoms with E-state index in [0.29, 0.717) is 6.61 Å². The van der Waals surface area contributed by atoms with Gasteiger partial charge in [-0.25, -0.2) is 13.9 Å². The molecule has 0 fully saturated rings. The molecule has 2 rings (SSSR count). The third-order valence-corrected chi connectivity index (χ3v) is 5.30. The maximum absolute atomic E-state index is 10.9. The first-order valence-corrected chi connectivity index (χ1v) is 12.1. The van der Waals surface area contributed by atoms with Crippen LogP contribution in [-0.4, -0.2) is 23.1 Å².